The number of nitrogens with zero attached hydrogens (tertiary/aromatic N) is 1. The summed E-state index contributed by atoms with van der Waals surface area (Å²) < 4.78 is 13.0. The first-order valence-electron chi connectivity index (χ1n) is 5.42. The maximum absolute atomic E-state index is 13.0. The first kappa shape index (κ1) is 11.6. The molecule has 0 bridgehead atoms. The highest BCUT2D eigenvalue weighted by Gasteiger charge is 2.01. The topological polar surface area (TPSA) is 60.9 Å². The SMILES string of the molecule is Oc1ccc(CNCCc2ncc[nH]2)cc1F. The number of rotatable bonds is 5. The van der Waals surface area contributed by atoms with Crippen LogP contribution < -0.4 is 5.32 Å². The summed E-state index contributed by atoms with van der Waals surface area (Å²) in [5, 5.41) is 12.2. The van der Waals surface area contributed by atoms with Gasteiger partial charge in [0.1, 0.15) is 5.82 Å². The molecule has 3 N–H and O–H groups in total. The number of hydrogen-bond donors (Lipinski definition) is 3. The Morgan fingerprint density at radius 3 is 3.00 bits per heavy atom. The average Bonchev–Trinajstić information content (AvgIpc) is 2.82. The van der Waals surface area contributed by atoms with Gasteiger partial charge in [0.25, 0.3) is 0 Å². The number of benzene rings is 1. The molecule has 0 saturated heterocycles. The van der Waals surface area contributed by atoms with Crippen LogP contribution in [0.1, 0.15) is 11.4 Å². The lowest BCUT2D eigenvalue weighted by molar-refractivity contribution is 0.431. The lowest BCUT2D eigenvalue weighted by Crippen LogP contribution is -2.17. The highest BCUT2D eigenvalue weighted by Crippen LogP contribution is 2.15. The van der Waals surface area contributed by atoms with E-state index < -0.39 is 5.82 Å². The van der Waals surface area contributed by atoms with Crippen molar-refractivity contribution in [2.75, 3.05) is 6.54 Å². The third-order valence-electron chi connectivity index (χ3n) is 2.43. The largest absolute Gasteiger partial charge is 0.505 e. The third-order valence-corrected chi connectivity index (χ3v) is 2.43. The van der Waals surface area contributed by atoms with Crippen molar-refractivity contribution < 1.29 is 9.50 Å². The van der Waals surface area contributed by atoms with Gasteiger partial charge in [0.05, 0.1) is 0 Å². The maximum atomic E-state index is 13.0. The number of H-pyrrole nitrogens is 1. The highest BCUT2D eigenvalue weighted by atomic mass is 19.1. The van der Waals surface area contributed by atoms with Gasteiger partial charge in [-0.05, 0) is 17.7 Å². The van der Waals surface area contributed by atoms with Crippen LogP contribution >= 0.6 is 0 Å². The minimum atomic E-state index is -0.588. The van der Waals surface area contributed by atoms with Crippen LogP contribution in [-0.2, 0) is 13.0 Å². The standard InChI is InChI=1S/C12H14FN3O/c13-10-7-9(1-2-11(10)17)8-14-4-3-12-15-5-6-16-12/h1-2,5-7,14,17H,3-4,8H2,(H,15,16). The van der Waals surface area contributed by atoms with Gasteiger partial charge in [0.15, 0.2) is 11.6 Å². The van der Waals surface area contributed by atoms with Crippen LogP contribution in [0, 0.1) is 5.82 Å². The third kappa shape index (κ3) is 3.29. The summed E-state index contributed by atoms with van der Waals surface area (Å²) in [6, 6.07) is 4.38. The first-order chi connectivity index (χ1) is 8.25. The molecular weight excluding hydrogens is 221 g/mol. The lowest BCUT2D eigenvalue weighted by atomic mass is 10.2. The van der Waals surface area contributed by atoms with Crippen molar-refractivity contribution in [1.82, 2.24) is 15.3 Å². The summed E-state index contributed by atoms with van der Waals surface area (Å²) in [7, 11) is 0. The second kappa shape index (κ2) is 5.45. The molecule has 4 nitrogen and oxygen atoms in total. The van der Waals surface area contributed by atoms with E-state index in [1.54, 1.807) is 18.5 Å². The first-order valence-corrected chi connectivity index (χ1v) is 5.42. The molecule has 0 spiro atoms. The number of nitrogens with one attached hydrogen (secondary N) is 2. The van der Waals surface area contributed by atoms with E-state index in [1.807, 2.05) is 0 Å². The van der Waals surface area contributed by atoms with Crippen LogP contribution in [0.15, 0.2) is 30.6 Å². The van der Waals surface area contributed by atoms with Gasteiger partial charge >= 0.3 is 0 Å². The second-order valence-corrected chi connectivity index (χ2v) is 3.75. The zero-order chi connectivity index (χ0) is 12.1. The van der Waals surface area contributed by atoms with Crippen LogP contribution in [0.3, 0.4) is 0 Å². The van der Waals surface area contributed by atoms with Gasteiger partial charge in [-0.3, -0.25) is 0 Å². The molecule has 0 unspecified atom stereocenters. The quantitative estimate of drug-likeness (QED) is 0.690. The van der Waals surface area contributed by atoms with E-state index in [1.165, 1.54) is 12.1 Å². The highest BCUT2D eigenvalue weighted by molar-refractivity contribution is 5.27. The van der Waals surface area contributed by atoms with E-state index in [9.17, 15) is 4.39 Å². The summed E-state index contributed by atoms with van der Waals surface area (Å²) in [4.78, 5) is 7.11. The predicted octanol–water partition coefficient (Wildman–Crippen LogP) is 1.59. The molecule has 0 fully saturated rings. The number of halogens is 1. The monoisotopic (exact) mass is 235 g/mol. The molecule has 1 heterocycles. The Morgan fingerprint density at radius 1 is 1.41 bits per heavy atom. The Balaban J connectivity index is 1.76. The molecule has 0 radical (unpaired) electrons. The smallest absolute Gasteiger partial charge is 0.165 e. The maximum Gasteiger partial charge on any atom is 0.165 e. The zero-order valence-corrected chi connectivity index (χ0v) is 9.28. The molecule has 0 atom stereocenters. The van der Waals surface area contributed by atoms with Gasteiger partial charge in [-0.15, -0.1) is 0 Å². The molecule has 0 aliphatic rings. The second-order valence-electron chi connectivity index (χ2n) is 3.75. The number of phenols is 1. The molecule has 0 amide bonds. The molecule has 5 heteroatoms. The van der Waals surface area contributed by atoms with Crippen molar-refractivity contribution in [3.05, 3.63) is 47.8 Å². The fraction of sp³-hybridized carbons (Fsp3) is 0.250. The Morgan fingerprint density at radius 2 is 2.29 bits per heavy atom. The normalized spacial score (nSPS) is 10.6. The average molecular weight is 235 g/mol. The summed E-state index contributed by atoms with van der Waals surface area (Å²) in [5.41, 5.74) is 0.805. The molecule has 2 rings (SSSR count). The Kier molecular flexibility index (Phi) is 3.72. The van der Waals surface area contributed by atoms with Gasteiger partial charge in [-0.2, -0.15) is 0 Å². The van der Waals surface area contributed by atoms with E-state index in [0.717, 1.165) is 24.4 Å². The minimum Gasteiger partial charge on any atom is -0.505 e. The fourth-order valence-corrected chi connectivity index (χ4v) is 1.53. The van der Waals surface area contributed by atoms with Crippen molar-refractivity contribution in [2.24, 2.45) is 0 Å². The zero-order valence-electron chi connectivity index (χ0n) is 9.28. The van der Waals surface area contributed by atoms with E-state index >= 15 is 0 Å². The van der Waals surface area contributed by atoms with Crippen molar-refractivity contribution >= 4 is 0 Å². The molecule has 0 aliphatic heterocycles. The molecule has 0 saturated carbocycles. The van der Waals surface area contributed by atoms with Gasteiger partial charge in [0, 0.05) is 31.9 Å². The Bertz CT molecular complexity index is 471. The van der Waals surface area contributed by atoms with Crippen LogP contribution in [0.2, 0.25) is 0 Å². The van der Waals surface area contributed by atoms with Crippen LogP contribution in [-0.4, -0.2) is 21.6 Å². The number of aromatic hydroxyl groups is 1. The van der Waals surface area contributed by atoms with Crippen LogP contribution in [0.4, 0.5) is 4.39 Å². The van der Waals surface area contributed by atoms with Gasteiger partial charge in [-0.1, -0.05) is 6.07 Å². The molecular formula is C12H14FN3O. The van der Waals surface area contributed by atoms with Crippen molar-refractivity contribution in [3.8, 4) is 5.75 Å². The number of hydrogen-bond acceptors (Lipinski definition) is 3. The number of aromatic amines is 1. The molecule has 17 heavy (non-hydrogen) atoms. The van der Waals surface area contributed by atoms with Gasteiger partial charge in [0.2, 0.25) is 0 Å². The number of phenolic OH excluding ortho intramolecular Hbond substituents is 1. The molecule has 1 aromatic heterocycles. The summed E-state index contributed by atoms with van der Waals surface area (Å²) >= 11 is 0. The molecule has 1 aromatic carbocycles. The molecule has 90 valence electrons. The predicted molar refractivity (Wildman–Crippen MR) is 62.1 cm³/mol. The summed E-state index contributed by atoms with van der Waals surface area (Å²) in [5.74, 6) is 0.0223. The fourth-order valence-electron chi connectivity index (χ4n) is 1.53. The van der Waals surface area contributed by atoms with Gasteiger partial charge < -0.3 is 15.4 Å². The van der Waals surface area contributed by atoms with Crippen molar-refractivity contribution in [1.29, 1.82) is 0 Å². The number of aromatic nitrogens is 2. The van der Waals surface area contributed by atoms with E-state index in [4.69, 9.17) is 5.11 Å². The van der Waals surface area contributed by atoms with E-state index in [-0.39, 0.29) is 5.75 Å². The van der Waals surface area contributed by atoms with Crippen LogP contribution in [0.25, 0.3) is 0 Å². The molecule has 2 aromatic rings. The summed E-state index contributed by atoms with van der Waals surface area (Å²) in [6.45, 7) is 1.33. The van der Waals surface area contributed by atoms with Crippen molar-refractivity contribution in [2.45, 2.75) is 13.0 Å². The van der Waals surface area contributed by atoms with E-state index in [0.29, 0.717) is 6.54 Å². The van der Waals surface area contributed by atoms with E-state index in [2.05, 4.69) is 15.3 Å². The summed E-state index contributed by atoms with van der Waals surface area (Å²) in [6.07, 6.45) is 4.29. The molecule has 0 aliphatic carbocycles. The lowest BCUT2D eigenvalue weighted by Gasteiger charge is -2.04. The van der Waals surface area contributed by atoms with Crippen molar-refractivity contribution in [3.63, 3.8) is 0 Å². The van der Waals surface area contributed by atoms with Gasteiger partial charge in [-0.25, -0.2) is 9.37 Å². The Labute approximate surface area is 98.5 Å². The minimum absolute atomic E-state index is 0.315. The Hall–Kier alpha value is -1.88. The number of imidazole rings is 1. The van der Waals surface area contributed by atoms with Crippen LogP contribution in [0.5, 0.6) is 5.75 Å².